The van der Waals surface area contributed by atoms with Crippen molar-refractivity contribution >= 4 is 11.8 Å². The Balaban J connectivity index is 1.34. The summed E-state index contributed by atoms with van der Waals surface area (Å²) in [6.07, 6.45) is 3.92. The molecule has 1 atom stereocenters. The van der Waals surface area contributed by atoms with Crippen LogP contribution in [0.4, 0.5) is 5.88 Å². The first-order chi connectivity index (χ1) is 16.5. The first-order valence-electron chi connectivity index (χ1n) is 11.7. The minimum absolute atomic E-state index is 0.0699. The van der Waals surface area contributed by atoms with E-state index in [1.807, 2.05) is 19.0 Å². The third-order valence-electron chi connectivity index (χ3n) is 6.47. The van der Waals surface area contributed by atoms with Gasteiger partial charge < -0.3 is 24.0 Å². The van der Waals surface area contributed by atoms with E-state index in [9.17, 15) is 10.1 Å². The average Bonchev–Trinajstić information content (AvgIpc) is 3.54. The highest BCUT2D eigenvalue weighted by atomic mass is 16.4. The molecule has 1 fully saturated rings. The third kappa shape index (κ3) is 5.15. The lowest BCUT2D eigenvalue weighted by atomic mass is 9.95. The lowest BCUT2D eigenvalue weighted by Gasteiger charge is -2.32. The van der Waals surface area contributed by atoms with Crippen LogP contribution in [0.15, 0.2) is 51.5 Å². The summed E-state index contributed by atoms with van der Waals surface area (Å²) in [5.41, 5.74) is 2.73. The fourth-order valence-electron chi connectivity index (χ4n) is 4.37. The predicted octanol–water partition coefficient (Wildman–Crippen LogP) is 4.00. The SMILES string of the molecule is CCc1ccc(C(CNC(=O)C2CCN(c3oc(-c4ccco4)nc3C#N)CC2)N(C)C)cc1. The minimum Gasteiger partial charge on any atom is -0.459 e. The molecule has 0 saturated carbocycles. The van der Waals surface area contributed by atoms with Gasteiger partial charge in [0.1, 0.15) is 6.07 Å². The summed E-state index contributed by atoms with van der Waals surface area (Å²) < 4.78 is 11.2. The second kappa shape index (κ2) is 10.6. The van der Waals surface area contributed by atoms with E-state index in [0.29, 0.717) is 44.1 Å². The second-order valence-corrected chi connectivity index (χ2v) is 8.84. The Hall–Kier alpha value is -3.57. The van der Waals surface area contributed by atoms with Gasteiger partial charge in [-0.15, -0.1) is 0 Å². The first-order valence-corrected chi connectivity index (χ1v) is 11.7. The monoisotopic (exact) mass is 461 g/mol. The van der Waals surface area contributed by atoms with Crippen molar-refractivity contribution < 1.29 is 13.6 Å². The van der Waals surface area contributed by atoms with Crippen LogP contribution in [0.25, 0.3) is 11.7 Å². The van der Waals surface area contributed by atoms with Crippen LogP contribution < -0.4 is 10.2 Å². The Bertz CT molecular complexity index is 1120. The molecule has 2 aromatic heterocycles. The van der Waals surface area contributed by atoms with Crippen LogP contribution >= 0.6 is 0 Å². The molecule has 4 rings (SSSR count). The Kier molecular flexibility index (Phi) is 7.33. The lowest BCUT2D eigenvalue weighted by Crippen LogP contribution is -2.42. The number of oxazole rings is 1. The van der Waals surface area contributed by atoms with Gasteiger partial charge >= 0.3 is 0 Å². The zero-order valence-corrected chi connectivity index (χ0v) is 20.0. The number of aromatic nitrogens is 1. The van der Waals surface area contributed by atoms with Crippen molar-refractivity contribution in [3.8, 4) is 17.7 Å². The van der Waals surface area contributed by atoms with Gasteiger partial charge in [0.15, 0.2) is 5.76 Å². The highest BCUT2D eigenvalue weighted by molar-refractivity contribution is 5.79. The van der Waals surface area contributed by atoms with Gasteiger partial charge in [0, 0.05) is 25.6 Å². The van der Waals surface area contributed by atoms with Gasteiger partial charge in [-0.25, -0.2) is 0 Å². The average molecular weight is 462 g/mol. The number of piperidine rings is 1. The van der Waals surface area contributed by atoms with Crippen molar-refractivity contribution in [1.82, 2.24) is 15.2 Å². The van der Waals surface area contributed by atoms with Crippen molar-refractivity contribution in [2.45, 2.75) is 32.2 Å². The van der Waals surface area contributed by atoms with Gasteiger partial charge in [-0.1, -0.05) is 31.2 Å². The summed E-state index contributed by atoms with van der Waals surface area (Å²) >= 11 is 0. The molecular weight excluding hydrogens is 430 g/mol. The fourth-order valence-corrected chi connectivity index (χ4v) is 4.37. The molecule has 1 aromatic carbocycles. The Morgan fingerprint density at radius 1 is 1.26 bits per heavy atom. The molecule has 0 spiro atoms. The van der Waals surface area contributed by atoms with Crippen molar-refractivity contribution in [2.75, 3.05) is 38.6 Å². The van der Waals surface area contributed by atoms with Gasteiger partial charge in [-0.2, -0.15) is 10.2 Å². The molecule has 1 N–H and O–H groups in total. The number of nitrogens with one attached hydrogen (secondary N) is 1. The van der Waals surface area contributed by atoms with E-state index < -0.39 is 0 Å². The van der Waals surface area contributed by atoms with Crippen LogP contribution in [0.5, 0.6) is 0 Å². The van der Waals surface area contributed by atoms with Crippen LogP contribution in [0, 0.1) is 17.2 Å². The lowest BCUT2D eigenvalue weighted by molar-refractivity contribution is -0.125. The number of carbonyl (C=O) groups is 1. The Morgan fingerprint density at radius 3 is 2.59 bits per heavy atom. The molecule has 3 aromatic rings. The topological polar surface area (TPSA) is 98.5 Å². The van der Waals surface area contributed by atoms with Crippen LogP contribution in [0.3, 0.4) is 0 Å². The number of nitrogens with zero attached hydrogens (tertiary/aromatic N) is 4. The summed E-state index contributed by atoms with van der Waals surface area (Å²) in [6, 6.07) is 14.3. The van der Waals surface area contributed by atoms with Gasteiger partial charge in [-0.05, 0) is 56.6 Å². The molecular formula is C26H31N5O3. The number of rotatable bonds is 8. The predicted molar refractivity (Wildman–Crippen MR) is 129 cm³/mol. The maximum atomic E-state index is 12.9. The molecule has 1 aliphatic heterocycles. The number of carbonyl (C=O) groups excluding carboxylic acids is 1. The van der Waals surface area contributed by atoms with E-state index in [-0.39, 0.29) is 29.5 Å². The van der Waals surface area contributed by atoms with Crippen LogP contribution in [0.1, 0.15) is 42.6 Å². The van der Waals surface area contributed by atoms with E-state index in [4.69, 9.17) is 8.83 Å². The fraction of sp³-hybridized carbons (Fsp3) is 0.423. The minimum atomic E-state index is -0.0699. The second-order valence-electron chi connectivity index (χ2n) is 8.84. The van der Waals surface area contributed by atoms with E-state index in [1.165, 1.54) is 17.4 Å². The number of benzene rings is 1. The smallest absolute Gasteiger partial charge is 0.266 e. The standard InChI is InChI=1S/C26H31N5O3/c1-4-18-7-9-19(10-8-18)22(30(2)3)17-28-24(32)20-11-13-31(14-12-20)26-21(16-27)29-25(34-26)23-6-5-15-33-23/h5-10,15,20,22H,4,11-14,17H2,1-3H3,(H,28,32). The van der Waals surface area contributed by atoms with Crippen molar-refractivity contribution in [3.05, 3.63) is 59.5 Å². The Morgan fingerprint density at radius 2 is 2.00 bits per heavy atom. The van der Waals surface area contributed by atoms with E-state index >= 15 is 0 Å². The highest BCUT2D eigenvalue weighted by Crippen LogP contribution is 2.31. The summed E-state index contributed by atoms with van der Waals surface area (Å²) in [5, 5.41) is 12.7. The third-order valence-corrected chi connectivity index (χ3v) is 6.47. The number of anilines is 1. The number of hydrogen-bond acceptors (Lipinski definition) is 7. The molecule has 8 heteroatoms. The summed E-state index contributed by atoms with van der Waals surface area (Å²) in [4.78, 5) is 21.3. The van der Waals surface area contributed by atoms with E-state index in [1.54, 1.807) is 12.1 Å². The van der Waals surface area contributed by atoms with E-state index in [0.717, 1.165) is 6.42 Å². The molecule has 1 amide bonds. The first kappa shape index (κ1) is 23.6. The molecule has 8 nitrogen and oxygen atoms in total. The Labute approximate surface area is 200 Å². The number of nitriles is 1. The summed E-state index contributed by atoms with van der Waals surface area (Å²) in [7, 11) is 4.06. The summed E-state index contributed by atoms with van der Waals surface area (Å²) in [6.45, 7) is 3.94. The van der Waals surface area contributed by atoms with Crippen molar-refractivity contribution in [2.24, 2.45) is 5.92 Å². The zero-order chi connectivity index (χ0) is 24.1. The van der Waals surface area contributed by atoms with Gasteiger partial charge in [-0.3, -0.25) is 4.79 Å². The molecule has 0 bridgehead atoms. The molecule has 178 valence electrons. The largest absolute Gasteiger partial charge is 0.459 e. The van der Waals surface area contributed by atoms with Crippen molar-refractivity contribution in [3.63, 3.8) is 0 Å². The normalized spacial score (nSPS) is 15.3. The molecule has 1 unspecified atom stereocenters. The highest BCUT2D eigenvalue weighted by Gasteiger charge is 2.29. The van der Waals surface area contributed by atoms with Crippen LogP contribution in [0.2, 0.25) is 0 Å². The molecule has 34 heavy (non-hydrogen) atoms. The van der Waals surface area contributed by atoms with Gasteiger partial charge in [0.05, 0.1) is 12.3 Å². The van der Waals surface area contributed by atoms with Crippen molar-refractivity contribution in [1.29, 1.82) is 5.26 Å². The molecule has 3 heterocycles. The van der Waals surface area contributed by atoms with Crippen LogP contribution in [-0.2, 0) is 11.2 Å². The number of hydrogen-bond donors (Lipinski definition) is 1. The number of aryl methyl sites for hydroxylation is 1. The number of amides is 1. The number of likely N-dealkylation sites (N-methyl/N-ethyl adjacent to an activating group) is 1. The maximum absolute atomic E-state index is 12.9. The van der Waals surface area contributed by atoms with Gasteiger partial charge in [0.2, 0.25) is 17.5 Å². The quantitative estimate of drug-likeness (QED) is 0.541. The zero-order valence-electron chi connectivity index (χ0n) is 20.0. The molecule has 1 saturated heterocycles. The van der Waals surface area contributed by atoms with E-state index in [2.05, 4.69) is 52.5 Å². The number of furan rings is 1. The maximum Gasteiger partial charge on any atom is 0.266 e. The molecule has 0 aliphatic carbocycles. The summed E-state index contributed by atoms with van der Waals surface area (Å²) in [5.74, 6) is 1.22. The molecule has 0 radical (unpaired) electrons. The van der Waals surface area contributed by atoms with Crippen LogP contribution in [-0.4, -0.2) is 49.5 Å². The van der Waals surface area contributed by atoms with Gasteiger partial charge in [0.25, 0.3) is 5.89 Å². The molecule has 1 aliphatic rings.